The fourth-order valence-electron chi connectivity index (χ4n) is 2.31. The van der Waals surface area contributed by atoms with E-state index < -0.39 is 11.7 Å². The monoisotopic (exact) mass is 474 g/mol. The van der Waals surface area contributed by atoms with Crippen LogP contribution in [0.25, 0.3) is 0 Å². The van der Waals surface area contributed by atoms with Gasteiger partial charge in [0.05, 0.1) is 17.2 Å². The highest BCUT2D eigenvalue weighted by atomic mass is 35.5. The molecule has 0 aromatic heterocycles. The molecule has 0 atom stereocenters. The van der Waals surface area contributed by atoms with Gasteiger partial charge in [0.15, 0.2) is 0 Å². The Hall–Kier alpha value is -2.41. The molecule has 0 aliphatic carbocycles. The lowest BCUT2D eigenvalue weighted by Gasteiger charge is -2.13. The van der Waals surface area contributed by atoms with Crippen LogP contribution in [0.5, 0.6) is 11.5 Å². The number of aryl methyl sites for hydroxylation is 1. The van der Waals surface area contributed by atoms with Crippen LogP contribution in [0, 0.1) is 6.92 Å². The Kier molecular flexibility index (Phi) is 11.3. The van der Waals surface area contributed by atoms with E-state index in [1.165, 1.54) is 12.1 Å². The molecule has 0 saturated carbocycles. The Labute approximate surface area is 188 Å². The van der Waals surface area contributed by atoms with E-state index in [1.807, 2.05) is 25.1 Å². The molecule has 0 saturated heterocycles. The molecule has 0 fully saturated rings. The van der Waals surface area contributed by atoms with Gasteiger partial charge in [-0.2, -0.15) is 22.8 Å². The van der Waals surface area contributed by atoms with Crippen molar-refractivity contribution in [1.82, 2.24) is 0 Å². The SMILES string of the molecule is C=C(COc1ccc(Cl)c(C(F)(F)F)c1)CSc1ccc(OCCC)c(C)c1.O=C=O. The fourth-order valence-corrected chi connectivity index (χ4v) is 3.41. The first-order valence-electron chi connectivity index (χ1n) is 9.14. The lowest BCUT2D eigenvalue weighted by Crippen LogP contribution is -2.07. The first-order valence-corrected chi connectivity index (χ1v) is 10.5. The molecule has 0 bridgehead atoms. The molecule has 2 rings (SSSR count). The normalized spacial score (nSPS) is 10.5. The van der Waals surface area contributed by atoms with Gasteiger partial charge in [0, 0.05) is 10.6 Å². The smallest absolute Gasteiger partial charge is 0.417 e. The van der Waals surface area contributed by atoms with Crippen molar-refractivity contribution in [1.29, 1.82) is 0 Å². The van der Waals surface area contributed by atoms with Gasteiger partial charge in [-0.25, -0.2) is 0 Å². The summed E-state index contributed by atoms with van der Waals surface area (Å²) in [5, 5.41) is -0.351. The zero-order valence-electron chi connectivity index (χ0n) is 17.1. The number of thioether (sulfide) groups is 1. The van der Waals surface area contributed by atoms with Crippen LogP contribution in [0.3, 0.4) is 0 Å². The number of hydrogen-bond acceptors (Lipinski definition) is 5. The Balaban J connectivity index is 0.00000151. The highest BCUT2D eigenvalue weighted by molar-refractivity contribution is 7.99. The second-order valence-electron chi connectivity index (χ2n) is 6.33. The van der Waals surface area contributed by atoms with Crippen LogP contribution in [-0.2, 0) is 15.8 Å². The first kappa shape index (κ1) is 26.6. The van der Waals surface area contributed by atoms with Crippen molar-refractivity contribution in [3.8, 4) is 11.5 Å². The van der Waals surface area contributed by atoms with Gasteiger partial charge < -0.3 is 9.47 Å². The first-order chi connectivity index (χ1) is 14.6. The number of halogens is 4. The van der Waals surface area contributed by atoms with Gasteiger partial charge in [0.1, 0.15) is 18.1 Å². The van der Waals surface area contributed by atoms with Crippen molar-refractivity contribution < 1.29 is 32.2 Å². The second-order valence-corrected chi connectivity index (χ2v) is 7.78. The molecule has 0 unspecified atom stereocenters. The average Bonchev–Trinajstić information content (AvgIpc) is 2.70. The average molecular weight is 475 g/mol. The number of hydrogen-bond donors (Lipinski definition) is 0. The van der Waals surface area contributed by atoms with E-state index >= 15 is 0 Å². The van der Waals surface area contributed by atoms with Gasteiger partial charge in [-0.1, -0.05) is 25.1 Å². The van der Waals surface area contributed by atoms with Gasteiger partial charge in [0.25, 0.3) is 0 Å². The van der Waals surface area contributed by atoms with E-state index in [1.54, 1.807) is 11.8 Å². The minimum absolute atomic E-state index is 0.108. The second kappa shape index (κ2) is 13.1. The minimum Gasteiger partial charge on any atom is -0.493 e. The summed E-state index contributed by atoms with van der Waals surface area (Å²) in [4.78, 5) is 17.3. The Morgan fingerprint density at radius 1 is 1.16 bits per heavy atom. The predicted octanol–water partition coefficient (Wildman–Crippen LogP) is 6.60. The van der Waals surface area contributed by atoms with Crippen molar-refractivity contribution in [3.05, 3.63) is 64.7 Å². The van der Waals surface area contributed by atoms with Crippen LogP contribution >= 0.6 is 23.4 Å². The van der Waals surface area contributed by atoms with Crippen LogP contribution in [-0.4, -0.2) is 25.1 Å². The molecule has 0 aliphatic heterocycles. The maximum Gasteiger partial charge on any atom is 0.417 e. The molecule has 0 aliphatic rings. The van der Waals surface area contributed by atoms with Gasteiger partial charge in [0.2, 0.25) is 0 Å². The molecular weight excluding hydrogens is 453 g/mol. The molecule has 9 heteroatoms. The molecule has 0 amide bonds. The number of alkyl halides is 3. The molecule has 168 valence electrons. The quantitative estimate of drug-likeness (QED) is 0.303. The highest BCUT2D eigenvalue weighted by Crippen LogP contribution is 2.36. The summed E-state index contributed by atoms with van der Waals surface area (Å²) in [6, 6.07) is 9.46. The largest absolute Gasteiger partial charge is 0.493 e. The number of benzene rings is 2. The summed E-state index contributed by atoms with van der Waals surface area (Å²) in [5.41, 5.74) is 0.908. The molecule has 31 heavy (non-hydrogen) atoms. The zero-order valence-corrected chi connectivity index (χ0v) is 18.6. The molecule has 0 heterocycles. The van der Waals surface area contributed by atoms with Crippen LogP contribution < -0.4 is 9.47 Å². The van der Waals surface area contributed by atoms with E-state index in [2.05, 4.69) is 13.5 Å². The summed E-state index contributed by atoms with van der Waals surface area (Å²) in [7, 11) is 0. The molecule has 0 spiro atoms. The molecule has 0 radical (unpaired) electrons. The summed E-state index contributed by atoms with van der Waals surface area (Å²) >= 11 is 7.19. The molecule has 0 N–H and O–H groups in total. The Morgan fingerprint density at radius 3 is 2.42 bits per heavy atom. The van der Waals surface area contributed by atoms with Crippen molar-refractivity contribution in [2.24, 2.45) is 0 Å². The maximum atomic E-state index is 12.9. The lowest BCUT2D eigenvalue weighted by molar-refractivity contribution is -0.191. The Morgan fingerprint density at radius 2 is 1.84 bits per heavy atom. The number of carbonyl (C=O) groups excluding carboxylic acids is 2. The number of rotatable bonds is 9. The summed E-state index contributed by atoms with van der Waals surface area (Å²) in [6.07, 6.45) is -3.32. The van der Waals surface area contributed by atoms with E-state index in [4.69, 9.17) is 30.7 Å². The lowest BCUT2D eigenvalue weighted by atomic mass is 10.2. The topological polar surface area (TPSA) is 52.6 Å². The fraction of sp³-hybridized carbons (Fsp3) is 0.318. The molecule has 4 nitrogen and oxygen atoms in total. The summed E-state index contributed by atoms with van der Waals surface area (Å²) < 4.78 is 49.8. The van der Waals surface area contributed by atoms with Gasteiger partial charge in [-0.3, -0.25) is 0 Å². The Bertz CT molecular complexity index is 910. The minimum atomic E-state index is -4.52. The zero-order chi connectivity index (χ0) is 23.4. The van der Waals surface area contributed by atoms with Gasteiger partial charge in [-0.15, -0.1) is 11.8 Å². The third-order valence-electron chi connectivity index (χ3n) is 3.74. The van der Waals surface area contributed by atoms with Crippen LogP contribution in [0.4, 0.5) is 13.2 Å². The van der Waals surface area contributed by atoms with E-state index in [0.717, 1.165) is 34.3 Å². The molecular formula is C22H22ClF3O4S. The third-order valence-corrected chi connectivity index (χ3v) is 5.21. The van der Waals surface area contributed by atoms with Crippen molar-refractivity contribution in [2.45, 2.75) is 31.3 Å². The maximum absolute atomic E-state index is 12.9. The van der Waals surface area contributed by atoms with Crippen LogP contribution in [0.1, 0.15) is 24.5 Å². The summed E-state index contributed by atoms with van der Waals surface area (Å²) in [5.74, 6) is 1.57. The van der Waals surface area contributed by atoms with Crippen LogP contribution in [0.15, 0.2) is 53.4 Å². The summed E-state index contributed by atoms with van der Waals surface area (Å²) in [6.45, 7) is 8.79. The third kappa shape index (κ3) is 9.51. The highest BCUT2D eigenvalue weighted by Gasteiger charge is 2.33. The number of ether oxygens (including phenoxy) is 2. The van der Waals surface area contributed by atoms with Crippen LogP contribution in [0.2, 0.25) is 5.02 Å². The van der Waals surface area contributed by atoms with E-state index in [9.17, 15) is 13.2 Å². The predicted molar refractivity (Wildman–Crippen MR) is 114 cm³/mol. The molecule has 2 aromatic carbocycles. The van der Waals surface area contributed by atoms with E-state index in [0.29, 0.717) is 12.4 Å². The standard InChI is InChI=1S/C21H22ClF3O2S.CO2/c1-4-9-26-20-8-6-17(10-15(20)3)28-13-14(2)12-27-16-5-7-19(22)18(11-16)21(23,24)25;2-1-3/h5-8,10-11H,2,4,9,12-13H2,1,3H3;. The van der Waals surface area contributed by atoms with Crippen molar-refractivity contribution in [2.75, 3.05) is 19.0 Å². The van der Waals surface area contributed by atoms with Crippen molar-refractivity contribution >= 4 is 29.5 Å². The van der Waals surface area contributed by atoms with Gasteiger partial charge >= 0.3 is 12.3 Å². The van der Waals surface area contributed by atoms with Crippen molar-refractivity contribution in [3.63, 3.8) is 0 Å². The van der Waals surface area contributed by atoms with E-state index in [-0.39, 0.29) is 23.5 Å². The molecule has 2 aromatic rings. The van der Waals surface area contributed by atoms with Gasteiger partial charge in [-0.05, 0) is 60.9 Å².